The Morgan fingerprint density at radius 1 is 1.27 bits per heavy atom. The van der Waals surface area contributed by atoms with E-state index >= 15 is 0 Å². The van der Waals surface area contributed by atoms with E-state index in [0.717, 1.165) is 43.9 Å². The molecule has 0 amide bonds. The first kappa shape index (κ1) is 18.5. The molecule has 1 rings (SSSR count). The van der Waals surface area contributed by atoms with Crippen LogP contribution in [0, 0.1) is 0 Å². The van der Waals surface area contributed by atoms with Gasteiger partial charge in [0.25, 0.3) is 0 Å². The van der Waals surface area contributed by atoms with Crippen molar-refractivity contribution in [2.24, 2.45) is 4.99 Å². The highest BCUT2D eigenvalue weighted by Gasteiger charge is 2.07. The van der Waals surface area contributed by atoms with Crippen LogP contribution < -0.4 is 5.32 Å². The van der Waals surface area contributed by atoms with Gasteiger partial charge in [0.2, 0.25) is 0 Å². The molecule has 1 aromatic carbocycles. The highest BCUT2D eigenvalue weighted by atomic mass is 32.2. The normalized spacial score (nSPS) is 12.3. The molecular weight excluding hydrogens is 298 g/mol. The summed E-state index contributed by atoms with van der Waals surface area (Å²) in [6.45, 7) is 3.92. The molecule has 5 nitrogen and oxygen atoms in total. The smallest absolute Gasteiger partial charge is 0.193 e. The van der Waals surface area contributed by atoms with Crippen molar-refractivity contribution in [3.8, 4) is 0 Å². The number of guanidine groups is 1. The van der Waals surface area contributed by atoms with E-state index < -0.39 is 9.84 Å². The van der Waals surface area contributed by atoms with Crippen LogP contribution in [0.25, 0.3) is 0 Å². The third-order valence-corrected chi connectivity index (χ3v) is 4.60. The number of nitrogens with one attached hydrogen (secondary N) is 1. The second-order valence-corrected chi connectivity index (χ2v) is 7.43. The molecule has 1 N–H and O–H groups in total. The summed E-state index contributed by atoms with van der Waals surface area (Å²) >= 11 is 0. The Morgan fingerprint density at radius 3 is 2.41 bits per heavy atom. The molecule has 0 aromatic heterocycles. The summed E-state index contributed by atoms with van der Waals surface area (Å²) in [5.41, 5.74) is 1.10. The first-order chi connectivity index (χ1) is 10.4. The largest absolute Gasteiger partial charge is 0.356 e. The number of aliphatic imine (C=N–C) groups is 1. The van der Waals surface area contributed by atoms with Gasteiger partial charge in [-0.2, -0.15) is 0 Å². The minimum Gasteiger partial charge on any atom is -0.356 e. The van der Waals surface area contributed by atoms with E-state index in [4.69, 9.17) is 0 Å². The van der Waals surface area contributed by atoms with E-state index in [1.807, 2.05) is 19.2 Å². The van der Waals surface area contributed by atoms with Crippen molar-refractivity contribution in [2.75, 3.05) is 33.4 Å². The van der Waals surface area contributed by atoms with Gasteiger partial charge < -0.3 is 10.2 Å². The van der Waals surface area contributed by atoms with Gasteiger partial charge in [-0.25, -0.2) is 8.42 Å². The Bertz CT molecular complexity index is 580. The Morgan fingerprint density at radius 2 is 1.91 bits per heavy atom. The summed E-state index contributed by atoms with van der Waals surface area (Å²) in [6, 6.07) is 7.04. The van der Waals surface area contributed by atoms with Gasteiger partial charge in [0.05, 0.1) is 4.90 Å². The van der Waals surface area contributed by atoms with Gasteiger partial charge in [0, 0.05) is 33.4 Å². The van der Waals surface area contributed by atoms with Crippen molar-refractivity contribution in [1.29, 1.82) is 0 Å². The van der Waals surface area contributed by atoms with E-state index in [2.05, 4.69) is 22.1 Å². The molecule has 0 spiro atoms. The van der Waals surface area contributed by atoms with Gasteiger partial charge in [-0.05, 0) is 30.5 Å². The Kier molecular flexibility index (Phi) is 7.38. The Balaban J connectivity index is 2.49. The number of benzene rings is 1. The molecule has 124 valence electrons. The van der Waals surface area contributed by atoms with E-state index in [1.54, 1.807) is 19.2 Å². The molecule has 0 atom stereocenters. The van der Waals surface area contributed by atoms with Crippen LogP contribution in [-0.4, -0.2) is 52.7 Å². The van der Waals surface area contributed by atoms with Crippen LogP contribution in [0.1, 0.15) is 25.3 Å². The average Bonchev–Trinajstić information content (AvgIpc) is 2.48. The standard InChI is InChI=1S/C16H27N3O2S/c1-5-6-13-19(3)16(17-2)18-12-11-14-7-9-15(10-8-14)22(4,20)21/h7-10H,5-6,11-13H2,1-4H3,(H,17,18). The van der Waals surface area contributed by atoms with Gasteiger partial charge >= 0.3 is 0 Å². The lowest BCUT2D eigenvalue weighted by Gasteiger charge is -2.21. The maximum Gasteiger partial charge on any atom is 0.193 e. The molecule has 22 heavy (non-hydrogen) atoms. The third kappa shape index (κ3) is 6.05. The molecule has 0 aliphatic rings. The van der Waals surface area contributed by atoms with Gasteiger partial charge in [-0.1, -0.05) is 25.5 Å². The first-order valence-corrected chi connectivity index (χ1v) is 9.48. The molecule has 0 fully saturated rings. The zero-order chi connectivity index (χ0) is 16.6. The fourth-order valence-electron chi connectivity index (χ4n) is 2.11. The lowest BCUT2D eigenvalue weighted by Crippen LogP contribution is -2.40. The highest BCUT2D eigenvalue weighted by Crippen LogP contribution is 2.10. The fourth-order valence-corrected chi connectivity index (χ4v) is 2.74. The lowest BCUT2D eigenvalue weighted by atomic mass is 10.1. The van der Waals surface area contributed by atoms with Gasteiger partial charge in [0.15, 0.2) is 15.8 Å². The Hall–Kier alpha value is -1.56. The molecule has 6 heteroatoms. The number of hydrogen-bond donors (Lipinski definition) is 1. The van der Waals surface area contributed by atoms with Crippen LogP contribution in [0.2, 0.25) is 0 Å². The summed E-state index contributed by atoms with van der Waals surface area (Å²) < 4.78 is 22.8. The number of hydrogen-bond acceptors (Lipinski definition) is 3. The quantitative estimate of drug-likeness (QED) is 0.615. The molecule has 0 saturated carbocycles. The third-order valence-electron chi connectivity index (χ3n) is 3.47. The topological polar surface area (TPSA) is 61.8 Å². The molecule has 1 aromatic rings. The van der Waals surface area contributed by atoms with Crippen LogP contribution in [0.3, 0.4) is 0 Å². The van der Waals surface area contributed by atoms with Crippen LogP contribution in [0.4, 0.5) is 0 Å². The molecule has 0 saturated heterocycles. The second kappa shape index (κ2) is 8.78. The van der Waals surface area contributed by atoms with Crippen LogP contribution in [0.15, 0.2) is 34.2 Å². The second-order valence-electron chi connectivity index (χ2n) is 5.42. The summed E-state index contributed by atoms with van der Waals surface area (Å²) in [7, 11) is 0.698. The fraction of sp³-hybridized carbons (Fsp3) is 0.562. The van der Waals surface area contributed by atoms with Gasteiger partial charge in [-0.15, -0.1) is 0 Å². The molecular formula is C16H27N3O2S. The highest BCUT2D eigenvalue weighted by molar-refractivity contribution is 7.90. The first-order valence-electron chi connectivity index (χ1n) is 7.59. The van der Waals surface area contributed by atoms with Gasteiger partial charge in [-0.3, -0.25) is 4.99 Å². The number of unbranched alkanes of at least 4 members (excludes halogenated alkanes) is 1. The average molecular weight is 325 g/mol. The van der Waals surface area contributed by atoms with Crippen molar-refractivity contribution in [3.63, 3.8) is 0 Å². The zero-order valence-electron chi connectivity index (χ0n) is 14.0. The minimum absolute atomic E-state index is 0.360. The van der Waals surface area contributed by atoms with E-state index in [0.29, 0.717) is 4.90 Å². The van der Waals surface area contributed by atoms with Crippen molar-refractivity contribution in [2.45, 2.75) is 31.1 Å². The van der Waals surface area contributed by atoms with Crippen LogP contribution in [0.5, 0.6) is 0 Å². The number of nitrogens with zero attached hydrogens (tertiary/aromatic N) is 2. The predicted octanol–water partition coefficient (Wildman–Crippen LogP) is 1.94. The van der Waals surface area contributed by atoms with E-state index in [1.165, 1.54) is 6.26 Å². The Labute approximate surface area is 134 Å². The van der Waals surface area contributed by atoms with Crippen molar-refractivity contribution in [3.05, 3.63) is 29.8 Å². The molecule has 0 aliphatic carbocycles. The SMILES string of the molecule is CCCCN(C)C(=NC)NCCc1ccc(S(C)(=O)=O)cc1. The van der Waals surface area contributed by atoms with E-state index in [9.17, 15) is 8.42 Å². The molecule has 0 radical (unpaired) electrons. The van der Waals surface area contributed by atoms with Crippen molar-refractivity contribution in [1.82, 2.24) is 10.2 Å². The van der Waals surface area contributed by atoms with Crippen molar-refractivity contribution < 1.29 is 8.42 Å². The molecule has 0 heterocycles. The zero-order valence-corrected chi connectivity index (χ0v) is 14.8. The summed E-state index contributed by atoms with van der Waals surface area (Å²) in [5, 5.41) is 3.33. The van der Waals surface area contributed by atoms with Crippen LogP contribution >= 0.6 is 0 Å². The predicted molar refractivity (Wildman–Crippen MR) is 92.2 cm³/mol. The molecule has 0 bridgehead atoms. The molecule has 0 aliphatic heterocycles. The van der Waals surface area contributed by atoms with E-state index in [-0.39, 0.29) is 0 Å². The molecule has 0 unspecified atom stereocenters. The summed E-state index contributed by atoms with van der Waals surface area (Å²) in [4.78, 5) is 6.75. The lowest BCUT2D eigenvalue weighted by molar-refractivity contribution is 0.465. The van der Waals surface area contributed by atoms with Crippen LogP contribution in [-0.2, 0) is 16.3 Å². The minimum atomic E-state index is -3.12. The number of rotatable bonds is 7. The van der Waals surface area contributed by atoms with Gasteiger partial charge in [0.1, 0.15) is 0 Å². The summed E-state index contributed by atoms with van der Waals surface area (Å²) in [6.07, 6.45) is 4.35. The van der Waals surface area contributed by atoms with Crippen molar-refractivity contribution >= 4 is 15.8 Å². The number of sulfone groups is 1. The monoisotopic (exact) mass is 325 g/mol. The summed E-state index contributed by atoms with van der Waals surface area (Å²) in [5.74, 6) is 0.890. The maximum atomic E-state index is 11.4. The maximum absolute atomic E-state index is 11.4.